The van der Waals surface area contributed by atoms with Gasteiger partial charge in [0.1, 0.15) is 0 Å². The Bertz CT molecular complexity index is 225. The summed E-state index contributed by atoms with van der Waals surface area (Å²) in [6.07, 6.45) is 5.00. The first kappa shape index (κ1) is 6.98. The molecule has 58 valence electrons. The van der Waals surface area contributed by atoms with Crippen LogP contribution in [-0.2, 0) is 0 Å². The second-order valence-corrected chi connectivity index (χ2v) is 3.64. The van der Waals surface area contributed by atoms with Crippen molar-refractivity contribution in [2.75, 3.05) is 17.6 Å². The Morgan fingerprint density at radius 3 is 3.55 bits per heavy atom. The van der Waals surface area contributed by atoms with Crippen molar-refractivity contribution >= 4 is 17.4 Å². The summed E-state index contributed by atoms with van der Waals surface area (Å²) in [7, 11) is 0. The highest BCUT2D eigenvalue weighted by Crippen LogP contribution is 2.28. The van der Waals surface area contributed by atoms with Gasteiger partial charge in [-0.1, -0.05) is 0 Å². The van der Waals surface area contributed by atoms with Crippen LogP contribution in [0, 0.1) is 0 Å². The molecule has 0 fully saturated rings. The highest BCUT2D eigenvalue weighted by atomic mass is 32.2. The predicted octanol–water partition coefficient (Wildman–Crippen LogP) is 1.99. The van der Waals surface area contributed by atoms with Crippen molar-refractivity contribution in [1.82, 2.24) is 4.98 Å². The van der Waals surface area contributed by atoms with E-state index < -0.39 is 0 Å². The van der Waals surface area contributed by atoms with Gasteiger partial charge in [-0.05, 0) is 18.2 Å². The molecular formula is C8H10N2S. The van der Waals surface area contributed by atoms with Gasteiger partial charge in [0.2, 0.25) is 0 Å². The highest BCUT2D eigenvalue weighted by molar-refractivity contribution is 7.99. The molecule has 0 radical (unpaired) electrons. The van der Waals surface area contributed by atoms with Crippen LogP contribution in [-0.4, -0.2) is 17.3 Å². The second kappa shape index (κ2) is 3.13. The van der Waals surface area contributed by atoms with Crippen LogP contribution in [0.3, 0.4) is 0 Å². The third-order valence-electron chi connectivity index (χ3n) is 1.68. The molecule has 1 aromatic rings. The Hall–Kier alpha value is -0.700. The van der Waals surface area contributed by atoms with E-state index in [1.807, 2.05) is 30.2 Å². The van der Waals surface area contributed by atoms with Gasteiger partial charge in [0.15, 0.2) is 0 Å². The minimum Gasteiger partial charge on any atom is -0.384 e. The van der Waals surface area contributed by atoms with E-state index in [-0.39, 0.29) is 0 Å². The molecule has 0 saturated carbocycles. The lowest BCUT2D eigenvalue weighted by Crippen LogP contribution is -1.99. The van der Waals surface area contributed by atoms with Crippen LogP contribution in [0.25, 0.3) is 0 Å². The van der Waals surface area contributed by atoms with E-state index in [1.54, 1.807) is 0 Å². The molecule has 0 aromatic carbocycles. The van der Waals surface area contributed by atoms with Gasteiger partial charge in [0.05, 0.1) is 5.69 Å². The SMILES string of the molecule is c1cc2c(cn1)SCCCN2. The third-order valence-corrected chi connectivity index (χ3v) is 2.81. The zero-order chi connectivity index (χ0) is 7.52. The number of rotatable bonds is 0. The van der Waals surface area contributed by atoms with Gasteiger partial charge in [-0.25, -0.2) is 0 Å². The second-order valence-electron chi connectivity index (χ2n) is 2.50. The van der Waals surface area contributed by atoms with Crippen LogP contribution < -0.4 is 5.32 Å². The molecule has 0 bridgehead atoms. The quantitative estimate of drug-likeness (QED) is 0.638. The van der Waals surface area contributed by atoms with Crippen molar-refractivity contribution in [2.45, 2.75) is 11.3 Å². The zero-order valence-corrected chi connectivity index (χ0v) is 7.03. The van der Waals surface area contributed by atoms with Crippen LogP contribution in [0.4, 0.5) is 5.69 Å². The molecule has 11 heavy (non-hydrogen) atoms. The van der Waals surface area contributed by atoms with Gasteiger partial charge in [-0.2, -0.15) is 0 Å². The van der Waals surface area contributed by atoms with Crippen LogP contribution in [0.2, 0.25) is 0 Å². The lowest BCUT2D eigenvalue weighted by Gasteiger charge is -2.03. The molecule has 1 N–H and O–H groups in total. The van der Waals surface area contributed by atoms with E-state index in [0.717, 1.165) is 6.54 Å². The van der Waals surface area contributed by atoms with Crippen molar-refractivity contribution in [2.24, 2.45) is 0 Å². The number of nitrogens with zero attached hydrogens (tertiary/aromatic N) is 1. The maximum atomic E-state index is 4.08. The monoisotopic (exact) mass is 166 g/mol. The highest BCUT2D eigenvalue weighted by Gasteiger charge is 2.05. The summed E-state index contributed by atoms with van der Waals surface area (Å²) in [4.78, 5) is 5.36. The Morgan fingerprint density at radius 1 is 1.55 bits per heavy atom. The van der Waals surface area contributed by atoms with Crippen LogP contribution in [0.15, 0.2) is 23.4 Å². The normalized spacial score (nSPS) is 16.4. The lowest BCUT2D eigenvalue weighted by atomic mass is 10.4. The van der Waals surface area contributed by atoms with Crippen LogP contribution in [0.1, 0.15) is 6.42 Å². The number of thioether (sulfide) groups is 1. The third kappa shape index (κ3) is 1.48. The number of anilines is 1. The van der Waals surface area contributed by atoms with Gasteiger partial charge in [0, 0.05) is 23.8 Å². The average molecular weight is 166 g/mol. The van der Waals surface area contributed by atoms with E-state index in [1.165, 1.54) is 22.8 Å². The molecule has 0 spiro atoms. The van der Waals surface area contributed by atoms with Gasteiger partial charge in [-0.15, -0.1) is 11.8 Å². The molecule has 0 unspecified atom stereocenters. The topological polar surface area (TPSA) is 24.9 Å². The lowest BCUT2D eigenvalue weighted by molar-refractivity contribution is 0.998. The van der Waals surface area contributed by atoms with E-state index in [4.69, 9.17) is 0 Å². The van der Waals surface area contributed by atoms with Crippen molar-refractivity contribution in [1.29, 1.82) is 0 Å². The first-order valence-electron chi connectivity index (χ1n) is 3.77. The number of nitrogens with one attached hydrogen (secondary N) is 1. The molecule has 1 aliphatic heterocycles. The fraction of sp³-hybridized carbons (Fsp3) is 0.375. The molecule has 2 rings (SSSR count). The first-order chi connectivity index (χ1) is 5.47. The van der Waals surface area contributed by atoms with E-state index >= 15 is 0 Å². The summed E-state index contributed by atoms with van der Waals surface area (Å²) in [5.41, 5.74) is 1.24. The summed E-state index contributed by atoms with van der Waals surface area (Å²) >= 11 is 1.88. The van der Waals surface area contributed by atoms with E-state index in [9.17, 15) is 0 Å². The summed E-state index contributed by atoms with van der Waals surface area (Å²) in [5.74, 6) is 1.20. The summed E-state index contributed by atoms with van der Waals surface area (Å²) in [5, 5.41) is 3.36. The number of aromatic nitrogens is 1. The van der Waals surface area contributed by atoms with Crippen LogP contribution in [0.5, 0.6) is 0 Å². The molecule has 2 heterocycles. The van der Waals surface area contributed by atoms with Crippen LogP contribution >= 0.6 is 11.8 Å². The zero-order valence-electron chi connectivity index (χ0n) is 6.21. The standard InChI is InChI=1S/C8H10N2S/c1-3-10-7-2-4-9-6-8(7)11-5-1/h2,4,6,10H,1,3,5H2. The van der Waals surface area contributed by atoms with Crippen molar-refractivity contribution in [3.05, 3.63) is 18.5 Å². The Labute approximate surface area is 70.4 Å². The van der Waals surface area contributed by atoms with Gasteiger partial charge >= 0.3 is 0 Å². The summed E-state index contributed by atoms with van der Waals surface area (Å²) in [6.45, 7) is 1.09. The minimum absolute atomic E-state index is 1.09. The fourth-order valence-electron chi connectivity index (χ4n) is 1.12. The summed E-state index contributed by atoms with van der Waals surface area (Å²) < 4.78 is 0. The number of hydrogen-bond donors (Lipinski definition) is 1. The van der Waals surface area contributed by atoms with Gasteiger partial charge in [-0.3, -0.25) is 4.98 Å². The maximum Gasteiger partial charge on any atom is 0.0509 e. The molecule has 0 aliphatic carbocycles. The first-order valence-corrected chi connectivity index (χ1v) is 4.76. The minimum atomic E-state index is 1.09. The maximum absolute atomic E-state index is 4.08. The Balaban J connectivity index is 2.33. The predicted molar refractivity (Wildman–Crippen MR) is 48.1 cm³/mol. The largest absolute Gasteiger partial charge is 0.384 e. The van der Waals surface area contributed by atoms with Crippen molar-refractivity contribution in [3.8, 4) is 0 Å². The molecule has 0 amide bonds. The molecule has 1 aromatic heterocycles. The fourth-order valence-corrected chi connectivity index (χ4v) is 2.06. The smallest absolute Gasteiger partial charge is 0.0509 e. The van der Waals surface area contributed by atoms with Crippen molar-refractivity contribution in [3.63, 3.8) is 0 Å². The van der Waals surface area contributed by atoms with Gasteiger partial charge < -0.3 is 5.32 Å². The molecule has 3 heteroatoms. The molecule has 0 saturated heterocycles. The molecule has 0 atom stereocenters. The Kier molecular flexibility index (Phi) is 1.99. The van der Waals surface area contributed by atoms with E-state index in [0.29, 0.717) is 0 Å². The molecule has 1 aliphatic rings. The molecule has 2 nitrogen and oxygen atoms in total. The number of hydrogen-bond acceptors (Lipinski definition) is 3. The molecular weight excluding hydrogens is 156 g/mol. The van der Waals surface area contributed by atoms with Crippen molar-refractivity contribution < 1.29 is 0 Å². The van der Waals surface area contributed by atoms with Gasteiger partial charge in [0.25, 0.3) is 0 Å². The number of fused-ring (bicyclic) bond motifs is 1. The average Bonchev–Trinajstić information content (AvgIpc) is 2.28. The number of pyridine rings is 1. The Morgan fingerprint density at radius 2 is 2.55 bits per heavy atom. The van der Waals surface area contributed by atoms with E-state index in [2.05, 4.69) is 10.3 Å². The summed E-state index contributed by atoms with van der Waals surface area (Å²) in [6, 6.07) is 2.04.